The third kappa shape index (κ3) is 1.72. The molecule has 0 aromatic heterocycles. The lowest BCUT2D eigenvalue weighted by molar-refractivity contribution is -0.113. The summed E-state index contributed by atoms with van der Waals surface area (Å²) in [7, 11) is 1.68. The van der Waals surface area contributed by atoms with E-state index in [2.05, 4.69) is 0 Å². The summed E-state index contributed by atoms with van der Waals surface area (Å²) in [6.45, 7) is 5.09. The average Bonchev–Trinajstić information content (AvgIpc) is 2.17. The molecule has 2 nitrogen and oxygen atoms in total. The molecule has 12 heavy (non-hydrogen) atoms. The summed E-state index contributed by atoms with van der Waals surface area (Å²) in [5, 5.41) is 0. The van der Waals surface area contributed by atoms with Gasteiger partial charge in [-0.15, -0.1) is 0 Å². The maximum Gasteiger partial charge on any atom is 0.250 e. The van der Waals surface area contributed by atoms with Crippen molar-refractivity contribution in [2.75, 3.05) is 11.9 Å². The molecule has 2 heteroatoms. The number of nitrogens with zero attached hydrogens (tertiary/aromatic N) is 1. The third-order valence-electron chi connectivity index (χ3n) is 1.62. The Kier molecular flexibility index (Phi) is 2.64. The first-order valence-electron chi connectivity index (χ1n) is 3.63. The molecule has 1 rings (SSSR count). The van der Waals surface area contributed by atoms with Gasteiger partial charge in [-0.2, -0.15) is 0 Å². The summed E-state index contributed by atoms with van der Waals surface area (Å²) < 4.78 is 0. The first-order chi connectivity index (χ1) is 5.75. The summed E-state index contributed by atoms with van der Waals surface area (Å²) in [6, 6.07) is 9.34. The number of carbonyl (C=O) groups is 1. The van der Waals surface area contributed by atoms with E-state index in [9.17, 15) is 4.79 Å². The Morgan fingerprint density at radius 2 is 2.00 bits per heavy atom. The minimum Gasteiger partial charge on any atom is -0.312 e. The lowest BCUT2D eigenvalue weighted by Gasteiger charge is -2.14. The van der Waals surface area contributed by atoms with Gasteiger partial charge in [-0.25, -0.2) is 0 Å². The van der Waals surface area contributed by atoms with Gasteiger partial charge >= 0.3 is 0 Å². The van der Waals surface area contributed by atoms with Gasteiger partial charge in [0.15, 0.2) is 0 Å². The number of rotatable bonds is 2. The van der Waals surface area contributed by atoms with Crippen LogP contribution in [0.25, 0.3) is 0 Å². The van der Waals surface area contributed by atoms with Crippen LogP contribution in [0.4, 0.5) is 5.69 Å². The molecule has 0 N–H and O–H groups in total. The average molecular weight is 160 g/mol. The molecule has 0 saturated heterocycles. The number of para-hydroxylation sites is 1. The van der Waals surface area contributed by atoms with E-state index in [1.54, 1.807) is 7.05 Å². The predicted molar refractivity (Wildman–Crippen MR) is 48.7 cm³/mol. The smallest absolute Gasteiger partial charge is 0.250 e. The Labute approximate surface area is 72.1 Å². The van der Waals surface area contributed by atoms with E-state index in [1.807, 2.05) is 30.3 Å². The second-order valence-electron chi connectivity index (χ2n) is 2.40. The van der Waals surface area contributed by atoms with Crippen LogP contribution in [0.5, 0.6) is 0 Å². The van der Waals surface area contributed by atoms with Crippen molar-refractivity contribution >= 4 is 11.6 Å². The molecule has 1 amide bonds. The molecule has 0 spiro atoms. The first kappa shape index (κ1) is 8.53. The molecule has 1 radical (unpaired) electrons. The van der Waals surface area contributed by atoms with Crippen LogP contribution in [0.1, 0.15) is 0 Å². The number of amides is 1. The van der Waals surface area contributed by atoms with Gasteiger partial charge in [0.2, 0.25) is 0 Å². The van der Waals surface area contributed by atoms with Crippen LogP contribution in [0.15, 0.2) is 36.4 Å². The van der Waals surface area contributed by atoms with Gasteiger partial charge in [0, 0.05) is 18.8 Å². The molecular weight excluding hydrogens is 150 g/mol. The van der Waals surface area contributed by atoms with E-state index in [0.717, 1.165) is 11.8 Å². The highest BCUT2D eigenvalue weighted by Crippen LogP contribution is 2.10. The molecule has 0 bridgehead atoms. The third-order valence-corrected chi connectivity index (χ3v) is 1.62. The Balaban J connectivity index is 2.85. The quantitative estimate of drug-likeness (QED) is 0.602. The molecule has 0 heterocycles. The fourth-order valence-corrected chi connectivity index (χ4v) is 0.891. The molecular formula is C10H10NO. The summed E-state index contributed by atoms with van der Waals surface area (Å²) in [5.41, 5.74) is 0.837. The molecule has 0 fully saturated rings. The second kappa shape index (κ2) is 3.72. The van der Waals surface area contributed by atoms with E-state index in [4.69, 9.17) is 6.58 Å². The molecule has 1 aromatic rings. The van der Waals surface area contributed by atoms with Crippen molar-refractivity contribution in [3.63, 3.8) is 0 Å². The van der Waals surface area contributed by atoms with Crippen molar-refractivity contribution < 1.29 is 4.79 Å². The maximum absolute atomic E-state index is 11.1. The summed E-state index contributed by atoms with van der Waals surface area (Å²) in [6.07, 6.45) is 1.05. The molecule has 0 aliphatic rings. The van der Waals surface area contributed by atoms with Crippen molar-refractivity contribution in [2.45, 2.75) is 0 Å². The van der Waals surface area contributed by atoms with Gasteiger partial charge in [0.1, 0.15) is 0 Å². The lowest BCUT2D eigenvalue weighted by atomic mass is 10.3. The van der Waals surface area contributed by atoms with Crippen molar-refractivity contribution in [3.8, 4) is 0 Å². The fourth-order valence-electron chi connectivity index (χ4n) is 0.891. The minimum absolute atomic E-state index is 0.207. The molecule has 0 unspecified atom stereocenters. The zero-order valence-electron chi connectivity index (χ0n) is 6.90. The van der Waals surface area contributed by atoms with Crippen LogP contribution in [0.2, 0.25) is 0 Å². The van der Waals surface area contributed by atoms with Gasteiger partial charge < -0.3 is 4.90 Å². The van der Waals surface area contributed by atoms with Crippen LogP contribution < -0.4 is 4.90 Å². The van der Waals surface area contributed by atoms with E-state index in [-0.39, 0.29) is 5.91 Å². The number of hydrogen-bond acceptors (Lipinski definition) is 1. The van der Waals surface area contributed by atoms with Crippen molar-refractivity contribution in [1.29, 1.82) is 0 Å². The maximum atomic E-state index is 11.1. The van der Waals surface area contributed by atoms with Gasteiger partial charge in [0.05, 0.1) is 0 Å². The largest absolute Gasteiger partial charge is 0.312 e. The highest BCUT2D eigenvalue weighted by molar-refractivity contribution is 6.00. The zero-order valence-corrected chi connectivity index (χ0v) is 6.90. The van der Waals surface area contributed by atoms with Gasteiger partial charge in [-0.3, -0.25) is 4.79 Å². The molecule has 0 aliphatic heterocycles. The standard InChI is InChI=1S/C10H10NO/c1-3-10(12)11(2)9-7-5-4-6-8-9/h1,3-8H,2H3. The zero-order chi connectivity index (χ0) is 8.97. The predicted octanol–water partition coefficient (Wildman–Crippen LogP) is 1.64. The summed E-state index contributed by atoms with van der Waals surface area (Å²) >= 11 is 0. The summed E-state index contributed by atoms with van der Waals surface area (Å²) in [5.74, 6) is -0.207. The van der Waals surface area contributed by atoms with Crippen molar-refractivity contribution in [1.82, 2.24) is 0 Å². The number of hydrogen-bond donors (Lipinski definition) is 0. The number of benzene rings is 1. The molecule has 0 saturated carbocycles. The SMILES string of the molecule is [CH]=CC(=O)N(C)c1ccccc1. The van der Waals surface area contributed by atoms with Crippen LogP contribution in [0.3, 0.4) is 0 Å². The van der Waals surface area contributed by atoms with E-state index < -0.39 is 0 Å². The van der Waals surface area contributed by atoms with E-state index in [1.165, 1.54) is 4.90 Å². The first-order valence-corrected chi connectivity index (χ1v) is 3.63. The Morgan fingerprint density at radius 3 is 2.50 bits per heavy atom. The van der Waals surface area contributed by atoms with E-state index >= 15 is 0 Å². The van der Waals surface area contributed by atoms with Crippen LogP contribution in [0, 0.1) is 6.58 Å². The normalized spacial score (nSPS) is 9.08. The lowest BCUT2D eigenvalue weighted by Crippen LogP contribution is -2.23. The molecule has 0 atom stereocenters. The molecule has 1 aromatic carbocycles. The highest BCUT2D eigenvalue weighted by Gasteiger charge is 2.04. The molecule has 0 aliphatic carbocycles. The Bertz CT molecular complexity index is 279. The second-order valence-corrected chi connectivity index (χ2v) is 2.40. The minimum atomic E-state index is -0.207. The molecule has 61 valence electrons. The monoisotopic (exact) mass is 160 g/mol. The van der Waals surface area contributed by atoms with Crippen LogP contribution in [-0.4, -0.2) is 13.0 Å². The highest BCUT2D eigenvalue weighted by atomic mass is 16.2. The fraction of sp³-hybridized carbons (Fsp3) is 0.100. The number of carbonyl (C=O) groups excluding carboxylic acids is 1. The Hall–Kier alpha value is -1.57. The number of likely N-dealkylation sites (N-methyl/N-ethyl adjacent to an activating group) is 1. The van der Waals surface area contributed by atoms with E-state index in [0.29, 0.717) is 0 Å². The van der Waals surface area contributed by atoms with Gasteiger partial charge in [0.25, 0.3) is 5.91 Å². The van der Waals surface area contributed by atoms with Crippen LogP contribution in [-0.2, 0) is 4.79 Å². The number of anilines is 1. The Morgan fingerprint density at radius 1 is 1.42 bits per heavy atom. The van der Waals surface area contributed by atoms with Crippen molar-refractivity contribution in [3.05, 3.63) is 43.0 Å². The topological polar surface area (TPSA) is 20.3 Å². The van der Waals surface area contributed by atoms with Crippen molar-refractivity contribution in [2.24, 2.45) is 0 Å². The van der Waals surface area contributed by atoms with Gasteiger partial charge in [-0.05, 0) is 12.1 Å². The van der Waals surface area contributed by atoms with Crippen LogP contribution >= 0.6 is 0 Å². The van der Waals surface area contributed by atoms with Gasteiger partial charge in [-0.1, -0.05) is 24.8 Å². The summed E-state index contributed by atoms with van der Waals surface area (Å²) in [4.78, 5) is 12.5.